The van der Waals surface area contributed by atoms with Crippen LogP contribution in [0.3, 0.4) is 0 Å². The standard InChI is InChI=1S/C19H24FNO/c1-14-9-10-17(12-15(14)2)22-11-5-6-16(13-21)18-7-3-4-8-19(18)20/h3-4,7-10,12,16H,5-6,11,13,21H2,1-2H3. The Bertz CT molecular complexity index is 612. The van der Waals surface area contributed by atoms with Gasteiger partial charge in [-0.1, -0.05) is 24.3 Å². The van der Waals surface area contributed by atoms with Crippen molar-refractivity contribution < 1.29 is 9.13 Å². The van der Waals surface area contributed by atoms with Gasteiger partial charge in [-0.25, -0.2) is 4.39 Å². The lowest BCUT2D eigenvalue weighted by Crippen LogP contribution is -2.15. The number of ether oxygens (including phenoxy) is 1. The monoisotopic (exact) mass is 301 g/mol. The predicted octanol–water partition coefficient (Wildman–Crippen LogP) is 4.34. The third kappa shape index (κ3) is 4.31. The van der Waals surface area contributed by atoms with E-state index in [0.717, 1.165) is 18.6 Å². The van der Waals surface area contributed by atoms with Crippen LogP contribution in [0.1, 0.15) is 35.4 Å². The van der Waals surface area contributed by atoms with Crippen LogP contribution in [0.5, 0.6) is 5.75 Å². The molecule has 0 bridgehead atoms. The van der Waals surface area contributed by atoms with E-state index in [4.69, 9.17) is 10.5 Å². The average Bonchev–Trinajstić information content (AvgIpc) is 2.52. The number of benzene rings is 2. The Labute approximate surface area is 132 Å². The van der Waals surface area contributed by atoms with Gasteiger partial charge in [0.25, 0.3) is 0 Å². The van der Waals surface area contributed by atoms with Crippen molar-refractivity contribution in [2.24, 2.45) is 5.73 Å². The minimum Gasteiger partial charge on any atom is -0.494 e. The van der Waals surface area contributed by atoms with Gasteiger partial charge in [0.15, 0.2) is 0 Å². The van der Waals surface area contributed by atoms with E-state index in [0.29, 0.717) is 18.7 Å². The summed E-state index contributed by atoms with van der Waals surface area (Å²) in [5.41, 5.74) is 8.99. The highest BCUT2D eigenvalue weighted by atomic mass is 19.1. The van der Waals surface area contributed by atoms with Crippen LogP contribution in [0, 0.1) is 19.7 Å². The molecular formula is C19H24FNO. The molecule has 0 saturated carbocycles. The van der Waals surface area contributed by atoms with Crippen LogP contribution >= 0.6 is 0 Å². The van der Waals surface area contributed by atoms with Crippen LogP contribution in [0.2, 0.25) is 0 Å². The molecule has 0 aliphatic heterocycles. The van der Waals surface area contributed by atoms with Crippen LogP contribution in [0.4, 0.5) is 4.39 Å². The fourth-order valence-electron chi connectivity index (χ4n) is 2.53. The molecule has 0 heterocycles. The summed E-state index contributed by atoms with van der Waals surface area (Å²) < 4.78 is 19.6. The van der Waals surface area contributed by atoms with Crippen LogP contribution < -0.4 is 10.5 Å². The molecule has 22 heavy (non-hydrogen) atoms. The number of aryl methyl sites for hydroxylation is 2. The zero-order chi connectivity index (χ0) is 15.9. The summed E-state index contributed by atoms with van der Waals surface area (Å²) in [6.45, 7) is 5.22. The molecule has 0 spiro atoms. The minimum absolute atomic E-state index is 0.0459. The van der Waals surface area contributed by atoms with Gasteiger partial charge in [-0.05, 0) is 74.0 Å². The number of rotatable bonds is 7. The number of hydrogen-bond donors (Lipinski definition) is 1. The lowest BCUT2D eigenvalue weighted by atomic mass is 9.94. The second kappa shape index (κ2) is 7.95. The van der Waals surface area contributed by atoms with E-state index in [1.54, 1.807) is 6.07 Å². The first-order valence-electron chi connectivity index (χ1n) is 7.76. The molecule has 1 unspecified atom stereocenters. The summed E-state index contributed by atoms with van der Waals surface area (Å²) in [6, 6.07) is 13.0. The molecule has 2 rings (SSSR count). The summed E-state index contributed by atoms with van der Waals surface area (Å²) in [4.78, 5) is 0. The molecular weight excluding hydrogens is 277 g/mol. The Hall–Kier alpha value is -1.87. The quantitative estimate of drug-likeness (QED) is 0.772. The van der Waals surface area contributed by atoms with Gasteiger partial charge in [-0.15, -0.1) is 0 Å². The highest BCUT2D eigenvalue weighted by Gasteiger charge is 2.13. The molecule has 0 radical (unpaired) electrons. The van der Waals surface area contributed by atoms with E-state index in [9.17, 15) is 4.39 Å². The first-order valence-corrected chi connectivity index (χ1v) is 7.76. The van der Waals surface area contributed by atoms with Crippen molar-refractivity contribution in [1.29, 1.82) is 0 Å². The average molecular weight is 301 g/mol. The van der Waals surface area contributed by atoms with E-state index < -0.39 is 0 Å². The van der Waals surface area contributed by atoms with Crippen molar-refractivity contribution in [3.8, 4) is 5.75 Å². The van der Waals surface area contributed by atoms with Crippen molar-refractivity contribution in [3.05, 3.63) is 65.0 Å². The molecule has 2 aromatic carbocycles. The number of nitrogens with two attached hydrogens (primary N) is 1. The first-order chi connectivity index (χ1) is 10.6. The molecule has 118 valence electrons. The Balaban J connectivity index is 1.84. The summed E-state index contributed by atoms with van der Waals surface area (Å²) >= 11 is 0. The maximum absolute atomic E-state index is 13.8. The van der Waals surface area contributed by atoms with Gasteiger partial charge in [-0.2, -0.15) is 0 Å². The summed E-state index contributed by atoms with van der Waals surface area (Å²) in [6.07, 6.45) is 1.67. The molecule has 1 atom stereocenters. The van der Waals surface area contributed by atoms with Crippen molar-refractivity contribution in [2.75, 3.05) is 13.2 Å². The second-order valence-corrected chi connectivity index (χ2v) is 5.69. The fraction of sp³-hybridized carbons (Fsp3) is 0.368. The summed E-state index contributed by atoms with van der Waals surface area (Å²) in [5, 5.41) is 0. The molecule has 3 heteroatoms. The molecule has 2 N–H and O–H groups in total. The molecule has 0 saturated heterocycles. The molecule has 0 amide bonds. The van der Waals surface area contributed by atoms with Gasteiger partial charge in [0.2, 0.25) is 0 Å². The molecule has 2 nitrogen and oxygen atoms in total. The van der Waals surface area contributed by atoms with Crippen LogP contribution in [-0.2, 0) is 0 Å². The number of halogens is 1. The molecule has 0 aliphatic carbocycles. The van der Waals surface area contributed by atoms with Crippen molar-refractivity contribution in [3.63, 3.8) is 0 Å². The molecule has 0 aromatic heterocycles. The third-order valence-electron chi connectivity index (χ3n) is 4.07. The van der Waals surface area contributed by atoms with Crippen LogP contribution in [0.25, 0.3) is 0 Å². The normalized spacial score (nSPS) is 12.2. The Morgan fingerprint density at radius 3 is 2.55 bits per heavy atom. The Morgan fingerprint density at radius 1 is 1.09 bits per heavy atom. The fourth-order valence-corrected chi connectivity index (χ4v) is 2.53. The van der Waals surface area contributed by atoms with Gasteiger partial charge in [0.1, 0.15) is 11.6 Å². The smallest absolute Gasteiger partial charge is 0.126 e. The van der Waals surface area contributed by atoms with Crippen molar-refractivity contribution in [1.82, 2.24) is 0 Å². The number of hydrogen-bond acceptors (Lipinski definition) is 2. The third-order valence-corrected chi connectivity index (χ3v) is 4.07. The first kappa shape index (κ1) is 16.5. The summed E-state index contributed by atoms with van der Waals surface area (Å²) in [5.74, 6) is 0.760. The van der Waals surface area contributed by atoms with Gasteiger partial charge < -0.3 is 10.5 Å². The SMILES string of the molecule is Cc1ccc(OCCCC(CN)c2ccccc2F)cc1C. The Kier molecular flexibility index (Phi) is 5.96. The van der Waals surface area contributed by atoms with Crippen molar-refractivity contribution in [2.45, 2.75) is 32.6 Å². The topological polar surface area (TPSA) is 35.2 Å². The highest BCUT2D eigenvalue weighted by Crippen LogP contribution is 2.23. The van der Waals surface area contributed by atoms with Gasteiger partial charge in [-0.3, -0.25) is 0 Å². The molecule has 2 aromatic rings. The molecule has 0 fully saturated rings. The van der Waals surface area contributed by atoms with Gasteiger partial charge >= 0.3 is 0 Å². The zero-order valence-corrected chi connectivity index (χ0v) is 13.3. The summed E-state index contributed by atoms with van der Waals surface area (Å²) in [7, 11) is 0. The minimum atomic E-state index is -0.173. The maximum atomic E-state index is 13.8. The van der Waals surface area contributed by atoms with E-state index in [2.05, 4.69) is 19.9 Å². The highest BCUT2D eigenvalue weighted by molar-refractivity contribution is 5.33. The predicted molar refractivity (Wildman–Crippen MR) is 88.8 cm³/mol. The van der Waals surface area contributed by atoms with E-state index in [1.165, 1.54) is 17.2 Å². The van der Waals surface area contributed by atoms with Crippen molar-refractivity contribution >= 4 is 0 Å². The van der Waals surface area contributed by atoms with E-state index in [1.807, 2.05) is 24.3 Å². The van der Waals surface area contributed by atoms with Gasteiger partial charge in [0.05, 0.1) is 6.61 Å². The maximum Gasteiger partial charge on any atom is 0.126 e. The van der Waals surface area contributed by atoms with E-state index >= 15 is 0 Å². The largest absolute Gasteiger partial charge is 0.494 e. The van der Waals surface area contributed by atoms with Gasteiger partial charge in [0, 0.05) is 0 Å². The second-order valence-electron chi connectivity index (χ2n) is 5.69. The Morgan fingerprint density at radius 2 is 1.86 bits per heavy atom. The molecule has 0 aliphatic rings. The van der Waals surface area contributed by atoms with Crippen LogP contribution in [-0.4, -0.2) is 13.2 Å². The zero-order valence-electron chi connectivity index (χ0n) is 13.3. The van der Waals surface area contributed by atoms with E-state index in [-0.39, 0.29) is 11.7 Å². The lowest BCUT2D eigenvalue weighted by Gasteiger charge is -2.16. The lowest BCUT2D eigenvalue weighted by molar-refractivity contribution is 0.301. The van der Waals surface area contributed by atoms with Crippen LogP contribution in [0.15, 0.2) is 42.5 Å².